The number of Topliss-reactive ketones (excluding diaryl/α,β-unsaturated/α-hetero) is 1. The van der Waals surface area contributed by atoms with Crippen LogP contribution in [0.4, 0.5) is 16.4 Å². The molecule has 0 aromatic carbocycles. The van der Waals surface area contributed by atoms with E-state index in [0.29, 0.717) is 57.0 Å². The number of aromatic nitrogens is 2. The molecule has 1 fully saturated rings. The SMILES string of the molecule is CC(C)(C)CC(=O)C(CCCCCCCCN(C(=O)OC(C)(C)C)c1cnc(N2CCC(C(=O)O)CC2)cn1)C(=O)OC(C)(C)C. The molecule has 11 heteroatoms. The maximum atomic E-state index is 13.1. The molecule has 1 aromatic heterocycles. The number of piperidine rings is 1. The van der Waals surface area contributed by atoms with Gasteiger partial charge in [-0.1, -0.05) is 52.9 Å². The first-order valence-corrected chi connectivity index (χ1v) is 16.8. The van der Waals surface area contributed by atoms with E-state index in [9.17, 15) is 24.3 Å². The van der Waals surface area contributed by atoms with Gasteiger partial charge in [0.2, 0.25) is 0 Å². The number of carbonyl (C=O) groups excluding carboxylic acids is 3. The van der Waals surface area contributed by atoms with Gasteiger partial charge in [-0.05, 0) is 72.6 Å². The number of esters is 1. The predicted octanol–water partition coefficient (Wildman–Crippen LogP) is 7.21. The molecule has 0 radical (unpaired) electrons. The molecule has 260 valence electrons. The first kappa shape index (κ1) is 38.9. The van der Waals surface area contributed by atoms with Gasteiger partial charge in [-0.2, -0.15) is 0 Å². The van der Waals surface area contributed by atoms with Crippen molar-refractivity contribution in [1.82, 2.24) is 9.97 Å². The van der Waals surface area contributed by atoms with Gasteiger partial charge in [0.1, 0.15) is 28.7 Å². The van der Waals surface area contributed by atoms with E-state index < -0.39 is 35.2 Å². The van der Waals surface area contributed by atoms with E-state index in [1.54, 1.807) is 12.4 Å². The van der Waals surface area contributed by atoms with Gasteiger partial charge < -0.3 is 19.5 Å². The fraction of sp³-hybridized carbons (Fsp3) is 0.771. The van der Waals surface area contributed by atoms with Crippen LogP contribution in [-0.4, -0.2) is 69.7 Å². The molecule has 1 aliphatic heterocycles. The molecule has 1 amide bonds. The number of ether oxygens (including phenoxy) is 2. The number of ketones is 1. The Kier molecular flexibility index (Phi) is 14.4. The molecule has 1 unspecified atom stereocenters. The largest absolute Gasteiger partial charge is 0.481 e. The Bertz CT molecular complexity index is 1110. The number of amides is 1. The van der Waals surface area contributed by atoms with Crippen molar-refractivity contribution in [3.8, 4) is 0 Å². The minimum atomic E-state index is -0.760. The molecule has 0 saturated carbocycles. The van der Waals surface area contributed by atoms with Crippen LogP contribution in [0.5, 0.6) is 0 Å². The summed E-state index contributed by atoms with van der Waals surface area (Å²) in [4.78, 5) is 62.8. The maximum Gasteiger partial charge on any atom is 0.416 e. The number of anilines is 2. The molecule has 0 aliphatic carbocycles. The van der Waals surface area contributed by atoms with Crippen molar-refractivity contribution in [2.45, 2.75) is 138 Å². The second-order valence-electron chi connectivity index (χ2n) is 15.7. The summed E-state index contributed by atoms with van der Waals surface area (Å²) in [6.45, 7) is 18.5. The zero-order valence-corrected chi connectivity index (χ0v) is 29.7. The van der Waals surface area contributed by atoms with E-state index in [0.717, 1.165) is 38.5 Å². The van der Waals surface area contributed by atoms with Crippen molar-refractivity contribution in [2.24, 2.45) is 17.3 Å². The fourth-order valence-corrected chi connectivity index (χ4v) is 5.34. The van der Waals surface area contributed by atoms with E-state index in [4.69, 9.17) is 9.47 Å². The van der Waals surface area contributed by atoms with E-state index in [2.05, 4.69) is 9.97 Å². The van der Waals surface area contributed by atoms with Crippen LogP contribution in [0.1, 0.15) is 127 Å². The number of unbranched alkanes of at least 4 members (excludes halogenated alkanes) is 5. The smallest absolute Gasteiger partial charge is 0.416 e. The van der Waals surface area contributed by atoms with Crippen LogP contribution in [-0.2, 0) is 23.9 Å². The van der Waals surface area contributed by atoms with Crippen molar-refractivity contribution in [3.05, 3.63) is 12.4 Å². The third kappa shape index (κ3) is 14.5. The highest BCUT2D eigenvalue weighted by atomic mass is 16.6. The molecule has 2 heterocycles. The molecule has 1 atom stereocenters. The summed E-state index contributed by atoms with van der Waals surface area (Å²) in [6.07, 6.45) is 9.86. The molecule has 1 N–H and O–H groups in total. The van der Waals surface area contributed by atoms with Gasteiger partial charge >= 0.3 is 18.0 Å². The molecule has 2 rings (SSSR count). The number of rotatable bonds is 15. The van der Waals surface area contributed by atoms with E-state index in [1.807, 2.05) is 67.2 Å². The Morgan fingerprint density at radius 3 is 1.91 bits per heavy atom. The summed E-state index contributed by atoms with van der Waals surface area (Å²) in [5.74, 6) is -1.24. The van der Waals surface area contributed by atoms with Crippen molar-refractivity contribution in [1.29, 1.82) is 0 Å². The Morgan fingerprint density at radius 1 is 0.848 bits per heavy atom. The second kappa shape index (κ2) is 17.1. The van der Waals surface area contributed by atoms with Gasteiger partial charge in [0, 0.05) is 26.1 Å². The van der Waals surface area contributed by atoms with Crippen LogP contribution < -0.4 is 9.80 Å². The average molecular weight is 647 g/mol. The molecular formula is C35H58N4O7. The average Bonchev–Trinajstić information content (AvgIpc) is 2.91. The van der Waals surface area contributed by atoms with E-state index >= 15 is 0 Å². The Hall–Kier alpha value is -3.24. The highest BCUT2D eigenvalue weighted by Crippen LogP contribution is 2.27. The number of aliphatic carboxylic acids is 1. The topological polar surface area (TPSA) is 139 Å². The van der Waals surface area contributed by atoms with Crippen LogP contribution in [0.3, 0.4) is 0 Å². The minimum absolute atomic E-state index is 0.0529. The zero-order valence-electron chi connectivity index (χ0n) is 29.7. The quantitative estimate of drug-likeness (QED) is 0.118. The lowest BCUT2D eigenvalue weighted by Crippen LogP contribution is -2.38. The van der Waals surface area contributed by atoms with Crippen LogP contribution >= 0.6 is 0 Å². The van der Waals surface area contributed by atoms with Gasteiger partial charge in [0.15, 0.2) is 5.82 Å². The van der Waals surface area contributed by atoms with Gasteiger partial charge in [0.05, 0.1) is 18.3 Å². The van der Waals surface area contributed by atoms with Crippen LogP contribution in [0.25, 0.3) is 0 Å². The van der Waals surface area contributed by atoms with Crippen LogP contribution in [0.15, 0.2) is 12.4 Å². The Morgan fingerprint density at radius 2 is 1.41 bits per heavy atom. The number of hydrogen-bond acceptors (Lipinski definition) is 9. The number of carboxylic acid groups (broad SMARTS) is 1. The molecule has 0 spiro atoms. The zero-order chi connectivity index (χ0) is 34.7. The summed E-state index contributed by atoms with van der Waals surface area (Å²) in [7, 11) is 0. The van der Waals surface area contributed by atoms with Crippen LogP contribution in [0, 0.1) is 17.3 Å². The molecule has 11 nitrogen and oxygen atoms in total. The normalized spacial score (nSPS) is 15.3. The predicted molar refractivity (Wildman–Crippen MR) is 179 cm³/mol. The number of hydrogen-bond donors (Lipinski definition) is 1. The molecule has 1 aliphatic rings. The Labute approximate surface area is 275 Å². The lowest BCUT2D eigenvalue weighted by molar-refractivity contribution is -0.162. The van der Waals surface area contributed by atoms with Gasteiger partial charge in [0.25, 0.3) is 0 Å². The summed E-state index contributed by atoms with van der Waals surface area (Å²) in [6, 6.07) is 0. The molecule has 1 aromatic rings. The third-order valence-corrected chi connectivity index (χ3v) is 7.59. The van der Waals surface area contributed by atoms with Crippen molar-refractivity contribution in [2.75, 3.05) is 29.4 Å². The number of carboxylic acids is 1. The van der Waals surface area contributed by atoms with Gasteiger partial charge in [-0.15, -0.1) is 0 Å². The number of nitrogens with zero attached hydrogens (tertiary/aromatic N) is 4. The van der Waals surface area contributed by atoms with E-state index in [1.165, 1.54) is 4.90 Å². The highest BCUT2D eigenvalue weighted by molar-refractivity contribution is 5.99. The van der Waals surface area contributed by atoms with Gasteiger partial charge in [-0.3, -0.25) is 19.3 Å². The van der Waals surface area contributed by atoms with Crippen molar-refractivity contribution >= 4 is 35.5 Å². The van der Waals surface area contributed by atoms with E-state index in [-0.39, 0.29) is 17.1 Å². The highest BCUT2D eigenvalue weighted by Gasteiger charge is 2.33. The minimum Gasteiger partial charge on any atom is -0.481 e. The van der Waals surface area contributed by atoms with Gasteiger partial charge in [-0.25, -0.2) is 14.8 Å². The van der Waals surface area contributed by atoms with Crippen molar-refractivity contribution < 1.29 is 33.8 Å². The lowest BCUT2D eigenvalue weighted by atomic mass is 9.84. The summed E-state index contributed by atoms with van der Waals surface area (Å²) >= 11 is 0. The van der Waals surface area contributed by atoms with Crippen LogP contribution in [0.2, 0.25) is 0 Å². The lowest BCUT2D eigenvalue weighted by Gasteiger charge is -2.31. The maximum absolute atomic E-state index is 13.1. The molecule has 1 saturated heterocycles. The number of carbonyl (C=O) groups is 4. The first-order chi connectivity index (χ1) is 21.3. The first-order valence-electron chi connectivity index (χ1n) is 16.8. The fourth-order valence-electron chi connectivity index (χ4n) is 5.34. The monoisotopic (exact) mass is 646 g/mol. The molecule has 0 bridgehead atoms. The Balaban J connectivity index is 1.89. The standard InChI is InChI=1S/C35H58N4O7/c1-33(2,3)22-27(40)26(31(43)45-34(4,5)6)16-14-12-10-11-13-15-19-39(32(44)46-35(7,8)9)29-24-36-28(23-37-29)38-20-17-25(18-21-38)30(41)42/h23-26H,10-22H2,1-9H3,(H,41,42). The second-order valence-corrected chi connectivity index (χ2v) is 15.7. The molecular weight excluding hydrogens is 588 g/mol. The summed E-state index contributed by atoms with van der Waals surface area (Å²) in [5.41, 5.74) is -1.50. The summed E-state index contributed by atoms with van der Waals surface area (Å²) < 4.78 is 11.2. The summed E-state index contributed by atoms with van der Waals surface area (Å²) in [5, 5.41) is 9.26. The molecule has 46 heavy (non-hydrogen) atoms. The van der Waals surface area contributed by atoms with Crippen molar-refractivity contribution in [3.63, 3.8) is 0 Å². The third-order valence-electron chi connectivity index (χ3n) is 7.59.